The van der Waals surface area contributed by atoms with Gasteiger partial charge in [0.25, 0.3) is 0 Å². The number of nitrogens with one attached hydrogen (secondary N) is 1. The van der Waals surface area contributed by atoms with Gasteiger partial charge in [0.1, 0.15) is 0 Å². The molecule has 0 fully saturated rings. The van der Waals surface area contributed by atoms with Gasteiger partial charge in [-0.3, -0.25) is 10.3 Å². The van der Waals surface area contributed by atoms with Crippen molar-refractivity contribution >= 4 is 5.69 Å². The van der Waals surface area contributed by atoms with Crippen LogP contribution in [0.5, 0.6) is 0 Å². The monoisotopic (exact) mass is 541 g/mol. The first-order valence-electron chi connectivity index (χ1n) is 16.5. The minimum Gasteiger partial charge on any atom is -0.276 e. The van der Waals surface area contributed by atoms with Crippen LogP contribution in [0.4, 0.5) is 5.69 Å². The van der Waals surface area contributed by atoms with E-state index < -0.39 is 0 Å². The lowest BCUT2D eigenvalue weighted by Gasteiger charge is -2.12. The predicted molar refractivity (Wildman–Crippen MR) is 176 cm³/mol. The molecule has 0 saturated carbocycles. The maximum atomic E-state index is 5.88. The fourth-order valence-electron chi connectivity index (χ4n) is 5.49. The third kappa shape index (κ3) is 13.7. The van der Waals surface area contributed by atoms with Gasteiger partial charge in [0, 0.05) is 0 Å². The van der Waals surface area contributed by atoms with E-state index in [2.05, 4.69) is 91.3 Å². The van der Waals surface area contributed by atoms with Crippen molar-refractivity contribution in [3.05, 3.63) is 78.9 Å². The first kappa shape index (κ1) is 31.9. The van der Waals surface area contributed by atoms with Crippen LogP contribution in [-0.4, -0.2) is 6.61 Å². The van der Waals surface area contributed by atoms with Gasteiger partial charge in [-0.2, -0.15) is 0 Å². The van der Waals surface area contributed by atoms with E-state index in [4.69, 9.17) is 4.84 Å². The van der Waals surface area contributed by atoms with Gasteiger partial charge in [-0.1, -0.05) is 177 Å². The maximum Gasteiger partial charge on any atom is 0.0746 e. The largest absolute Gasteiger partial charge is 0.276 e. The molecule has 0 amide bonds. The van der Waals surface area contributed by atoms with Gasteiger partial charge in [-0.25, -0.2) is 0 Å². The molecule has 0 unspecified atom stereocenters. The zero-order chi connectivity index (χ0) is 27.9. The summed E-state index contributed by atoms with van der Waals surface area (Å²) < 4.78 is 0. The molecule has 0 aromatic heterocycles. The van der Waals surface area contributed by atoms with E-state index in [1.165, 1.54) is 131 Å². The zero-order valence-corrected chi connectivity index (χ0v) is 25.3. The Hall–Kier alpha value is -2.58. The van der Waals surface area contributed by atoms with Crippen molar-refractivity contribution in [3.8, 4) is 22.3 Å². The Kier molecular flexibility index (Phi) is 16.9. The number of hydrogen-bond acceptors (Lipinski definition) is 2. The standard InChI is InChI=1S/C38H55NO/c1-2-3-4-5-6-7-8-9-10-11-12-13-14-15-16-17-18-25-30-40-39-38-32-36(34-26-21-19-22-27-34)31-37(33-38)35-28-23-20-24-29-35/h19-24,26-29,31-33,39H,2-18,25,30H2,1H3. The molecule has 2 heteroatoms. The van der Waals surface area contributed by atoms with E-state index in [0.717, 1.165) is 18.7 Å². The third-order valence-electron chi connectivity index (χ3n) is 7.94. The summed E-state index contributed by atoms with van der Waals surface area (Å²) in [6.07, 6.45) is 25.1. The van der Waals surface area contributed by atoms with Crippen molar-refractivity contribution in [1.82, 2.24) is 0 Å². The van der Waals surface area contributed by atoms with Crippen molar-refractivity contribution in [3.63, 3.8) is 0 Å². The molecule has 3 aromatic carbocycles. The van der Waals surface area contributed by atoms with Gasteiger partial charge in [-0.15, -0.1) is 0 Å². The highest BCUT2D eigenvalue weighted by Crippen LogP contribution is 2.30. The lowest BCUT2D eigenvalue weighted by molar-refractivity contribution is 0.187. The van der Waals surface area contributed by atoms with E-state index in [1.54, 1.807) is 0 Å². The summed E-state index contributed by atoms with van der Waals surface area (Å²) in [6, 6.07) is 27.7. The predicted octanol–water partition coefficient (Wildman–Crippen LogP) is 12.4. The van der Waals surface area contributed by atoms with Crippen molar-refractivity contribution in [2.75, 3.05) is 12.1 Å². The molecule has 0 heterocycles. The van der Waals surface area contributed by atoms with Crippen LogP contribution in [0.3, 0.4) is 0 Å². The molecule has 3 aromatic rings. The van der Waals surface area contributed by atoms with E-state index >= 15 is 0 Å². The topological polar surface area (TPSA) is 21.3 Å². The van der Waals surface area contributed by atoms with Crippen LogP contribution >= 0.6 is 0 Å². The molecule has 0 spiro atoms. The third-order valence-corrected chi connectivity index (χ3v) is 7.94. The van der Waals surface area contributed by atoms with Crippen LogP contribution in [-0.2, 0) is 4.84 Å². The molecule has 0 aliphatic carbocycles. The number of hydrogen-bond donors (Lipinski definition) is 1. The summed E-state index contributed by atoms with van der Waals surface area (Å²) in [5.41, 5.74) is 9.04. The minimum atomic E-state index is 0.745. The SMILES string of the molecule is CCCCCCCCCCCCCCCCCCCCONc1cc(-c2ccccc2)cc(-c2ccccc2)c1. The number of benzene rings is 3. The summed E-state index contributed by atoms with van der Waals surface area (Å²) in [7, 11) is 0. The average molecular weight is 542 g/mol. The molecule has 40 heavy (non-hydrogen) atoms. The van der Waals surface area contributed by atoms with E-state index in [1.807, 2.05) is 0 Å². The van der Waals surface area contributed by atoms with Crippen molar-refractivity contribution in [2.24, 2.45) is 0 Å². The van der Waals surface area contributed by atoms with Gasteiger partial charge in [-0.05, 0) is 46.9 Å². The van der Waals surface area contributed by atoms with Crippen molar-refractivity contribution in [1.29, 1.82) is 0 Å². The Morgan fingerprint density at radius 2 is 0.800 bits per heavy atom. The Balaban J connectivity index is 1.20. The summed E-state index contributed by atoms with van der Waals surface area (Å²) >= 11 is 0. The number of unbranched alkanes of at least 4 members (excludes halogenated alkanes) is 17. The Bertz CT molecular complexity index is 943. The first-order valence-corrected chi connectivity index (χ1v) is 16.5. The summed E-state index contributed by atoms with van der Waals surface area (Å²) in [5.74, 6) is 0. The second kappa shape index (κ2) is 21.2. The second-order valence-corrected chi connectivity index (χ2v) is 11.5. The lowest BCUT2D eigenvalue weighted by atomic mass is 9.98. The van der Waals surface area contributed by atoms with E-state index in [9.17, 15) is 0 Å². The molecule has 0 saturated heterocycles. The molecule has 0 atom stereocenters. The summed E-state index contributed by atoms with van der Waals surface area (Å²) in [6.45, 7) is 3.04. The van der Waals surface area contributed by atoms with Crippen molar-refractivity contribution < 1.29 is 4.84 Å². The molecule has 1 N–H and O–H groups in total. The maximum absolute atomic E-state index is 5.88. The summed E-state index contributed by atoms with van der Waals surface area (Å²) in [5, 5.41) is 0. The van der Waals surface area contributed by atoms with Crippen LogP contribution in [0, 0.1) is 0 Å². The van der Waals surface area contributed by atoms with Gasteiger partial charge < -0.3 is 0 Å². The quantitative estimate of drug-likeness (QED) is 0.0952. The molecular weight excluding hydrogens is 486 g/mol. The smallest absolute Gasteiger partial charge is 0.0746 e. The molecule has 0 radical (unpaired) electrons. The van der Waals surface area contributed by atoms with Crippen LogP contribution in [0.15, 0.2) is 78.9 Å². The lowest BCUT2D eigenvalue weighted by Crippen LogP contribution is -2.03. The Morgan fingerprint density at radius 3 is 1.20 bits per heavy atom. The fourth-order valence-corrected chi connectivity index (χ4v) is 5.49. The molecule has 0 aliphatic rings. The molecule has 0 aliphatic heterocycles. The van der Waals surface area contributed by atoms with Gasteiger partial charge in [0.2, 0.25) is 0 Å². The Morgan fingerprint density at radius 1 is 0.425 bits per heavy atom. The molecular formula is C38H55NO. The number of anilines is 1. The number of rotatable bonds is 23. The van der Waals surface area contributed by atoms with Gasteiger partial charge in [0.15, 0.2) is 0 Å². The minimum absolute atomic E-state index is 0.745. The van der Waals surface area contributed by atoms with Crippen LogP contribution in [0.1, 0.15) is 122 Å². The highest BCUT2D eigenvalue weighted by atomic mass is 16.6. The normalized spacial score (nSPS) is 11.1. The molecule has 3 rings (SSSR count). The Labute approximate surface area is 245 Å². The van der Waals surface area contributed by atoms with Crippen LogP contribution in [0.2, 0.25) is 0 Å². The highest BCUT2D eigenvalue weighted by Gasteiger charge is 2.06. The highest BCUT2D eigenvalue weighted by molar-refractivity contribution is 5.77. The summed E-state index contributed by atoms with van der Waals surface area (Å²) in [4.78, 5) is 5.88. The van der Waals surface area contributed by atoms with Gasteiger partial charge >= 0.3 is 0 Å². The molecule has 0 bridgehead atoms. The van der Waals surface area contributed by atoms with E-state index in [0.29, 0.717) is 0 Å². The average Bonchev–Trinajstić information content (AvgIpc) is 3.01. The van der Waals surface area contributed by atoms with Gasteiger partial charge in [0.05, 0.1) is 12.3 Å². The second-order valence-electron chi connectivity index (χ2n) is 11.5. The van der Waals surface area contributed by atoms with Crippen molar-refractivity contribution in [2.45, 2.75) is 122 Å². The zero-order valence-electron chi connectivity index (χ0n) is 25.3. The molecule has 218 valence electrons. The molecule has 2 nitrogen and oxygen atoms in total. The van der Waals surface area contributed by atoms with Crippen LogP contribution < -0.4 is 5.48 Å². The first-order chi connectivity index (χ1) is 19.9. The fraction of sp³-hybridized carbons (Fsp3) is 0.526. The van der Waals surface area contributed by atoms with Crippen LogP contribution in [0.25, 0.3) is 22.3 Å². The van der Waals surface area contributed by atoms with E-state index in [-0.39, 0.29) is 0 Å².